The van der Waals surface area contributed by atoms with E-state index in [2.05, 4.69) is 26.1 Å². The zero-order chi connectivity index (χ0) is 14.8. The predicted octanol–water partition coefficient (Wildman–Crippen LogP) is 2.93. The smallest absolute Gasteiger partial charge is 0.273 e. The first-order valence-corrected chi connectivity index (χ1v) is 8.30. The van der Waals surface area contributed by atoms with Gasteiger partial charge < -0.3 is 10.2 Å². The summed E-state index contributed by atoms with van der Waals surface area (Å²) in [7, 11) is 0. The molecule has 1 aliphatic carbocycles. The minimum atomic E-state index is -0.312. The van der Waals surface area contributed by atoms with Crippen LogP contribution in [-0.2, 0) is 6.54 Å². The van der Waals surface area contributed by atoms with E-state index >= 15 is 0 Å². The molecular formula is C15H20BrN3O2. The van der Waals surface area contributed by atoms with Crippen molar-refractivity contribution >= 4 is 21.6 Å². The summed E-state index contributed by atoms with van der Waals surface area (Å²) < 4.78 is 0.880. The Morgan fingerprint density at radius 2 is 2.19 bits per heavy atom. The van der Waals surface area contributed by atoms with Crippen LogP contribution in [-0.4, -0.2) is 35.5 Å². The summed E-state index contributed by atoms with van der Waals surface area (Å²) in [6, 6.07) is 5.95. The van der Waals surface area contributed by atoms with Crippen LogP contribution < -0.4 is 5.32 Å². The van der Waals surface area contributed by atoms with E-state index in [4.69, 9.17) is 0 Å². The van der Waals surface area contributed by atoms with Crippen molar-refractivity contribution in [3.8, 4) is 0 Å². The van der Waals surface area contributed by atoms with Crippen molar-refractivity contribution in [2.75, 3.05) is 19.6 Å². The van der Waals surface area contributed by atoms with Gasteiger partial charge in [0, 0.05) is 35.2 Å². The second-order valence-electron chi connectivity index (χ2n) is 6.04. The molecule has 1 atom stereocenters. The third-order valence-electron chi connectivity index (χ3n) is 4.37. The summed E-state index contributed by atoms with van der Waals surface area (Å²) in [6.07, 6.45) is 3.97. The maximum absolute atomic E-state index is 11.0. The third kappa shape index (κ3) is 3.81. The first kappa shape index (κ1) is 14.9. The molecule has 6 heteroatoms. The van der Waals surface area contributed by atoms with Crippen molar-refractivity contribution in [3.63, 3.8) is 0 Å². The minimum Gasteiger partial charge on any atom is -0.312 e. The third-order valence-corrected chi connectivity index (χ3v) is 4.86. The maximum Gasteiger partial charge on any atom is 0.273 e. The quantitative estimate of drug-likeness (QED) is 0.630. The Bertz CT molecular complexity index is 534. The first-order valence-electron chi connectivity index (χ1n) is 7.51. The van der Waals surface area contributed by atoms with Crippen molar-refractivity contribution in [3.05, 3.63) is 38.3 Å². The van der Waals surface area contributed by atoms with Crippen molar-refractivity contribution in [1.29, 1.82) is 0 Å². The largest absolute Gasteiger partial charge is 0.312 e. The lowest BCUT2D eigenvalue weighted by molar-refractivity contribution is -0.385. The molecule has 0 radical (unpaired) electrons. The van der Waals surface area contributed by atoms with Gasteiger partial charge in [-0.3, -0.25) is 10.1 Å². The summed E-state index contributed by atoms with van der Waals surface area (Å²) in [5.74, 6) is 0.678. The van der Waals surface area contributed by atoms with E-state index in [9.17, 15) is 10.1 Å². The molecule has 1 saturated heterocycles. The van der Waals surface area contributed by atoms with Gasteiger partial charge in [0.25, 0.3) is 5.69 Å². The van der Waals surface area contributed by atoms with Crippen molar-refractivity contribution in [2.45, 2.75) is 31.8 Å². The van der Waals surface area contributed by atoms with Crippen LogP contribution >= 0.6 is 15.9 Å². The zero-order valence-electron chi connectivity index (χ0n) is 11.9. The van der Waals surface area contributed by atoms with Gasteiger partial charge in [0.2, 0.25) is 0 Å². The van der Waals surface area contributed by atoms with Gasteiger partial charge in [0.05, 0.1) is 4.92 Å². The van der Waals surface area contributed by atoms with E-state index in [0.29, 0.717) is 12.5 Å². The molecule has 0 bridgehead atoms. The number of nitrogens with zero attached hydrogens (tertiary/aromatic N) is 2. The molecule has 1 aliphatic heterocycles. The lowest BCUT2D eigenvalue weighted by atomic mass is 10.1. The Morgan fingerprint density at radius 3 is 2.90 bits per heavy atom. The first-order chi connectivity index (χ1) is 10.1. The fourth-order valence-electron chi connectivity index (χ4n) is 3.09. The second kappa shape index (κ2) is 6.42. The molecule has 1 N–H and O–H groups in total. The second-order valence-corrected chi connectivity index (χ2v) is 6.96. The number of nitro benzene ring substituents is 1. The van der Waals surface area contributed by atoms with Crippen molar-refractivity contribution in [1.82, 2.24) is 10.2 Å². The number of hydrogen-bond acceptors (Lipinski definition) is 4. The van der Waals surface area contributed by atoms with E-state index in [1.165, 1.54) is 32.4 Å². The van der Waals surface area contributed by atoms with Gasteiger partial charge in [-0.2, -0.15) is 0 Å². The molecule has 1 aromatic rings. The average Bonchev–Trinajstić information content (AvgIpc) is 3.19. The molecular weight excluding hydrogens is 334 g/mol. The van der Waals surface area contributed by atoms with Gasteiger partial charge in [-0.1, -0.05) is 15.9 Å². The lowest BCUT2D eigenvalue weighted by Gasteiger charge is -2.15. The molecule has 1 saturated carbocycles. The molecule has 21 heavy (non-hydrogen) atoms. The van der Waals surface area contributed by atoms with E-state index < -0.39 is 0 Å². The molecule has 114 valence electrons. The lowest BCUT2D eigenvalue weighted by Crippen LogP contribution is -2.27. The minimum absolute atomic E-state index is 0.191. The van der Waals surface area contributed by atoms with Crippen LogP contribution in [0, 0.1) is 16.0 Å². The molecule has 1 unspecified atom stereocenters. The summed E-state index contributed by atoms with van der Waals surface area (Å²) >= 11 is 3.38. The molecule has 0 amide bonds. The van der Waals surface area contributed by atoms with Gasteiger partial charge in [-0.25, -0.2) is 0 Å². The molecule has 0 aromatic heterocycles. The molecule has 1 heterocycles. The van der Waals surface area contributed by atoms with Crippen LogP contribution in [0.5, 0.6) is 0 Å². The highest BCUT2D eigenvalue weighted by atomic mass is 79.9. The van der Waals surface area contributed by atoms with Crippen LogP contribution in [0.15, 0.2) is 22.7 Å². The van der Waals surface area contributed by atoms with Crippen LogP contribution in [0.1, 0.15) is 24.8 Å². The number of benzene rings is 1. The average molecular weight is 354 g/mol. The van der Waals surface area contributed by atoms with E-state index in [0.717, 1.165) is 22.6 Å². The van der Waals surface area contributed by atoms with Crippen LogP contribution in [0.2, 0.25) is 0 Å². The molecule has 2 aliphatic rings. The van der Waals surface area contributed by atoms with Crippen LogP contribution in [0.4, 0.5) is 5.69 Å². The molecule has 1 aromatic carbocycles. The van der Waals surface area contributed by atoms with Crippen LogP contribution in [0.25, 0.3) is 0 Å². The highest BCUT2D eigenvalue weighted by molar-refractivity contribution is 9.10. The summed E-state index contributed by atoms with van der Waals surface area (Å²) in [6.45, 7) is 3.88. The number of halogens is 1. The predicted molar refractivity (Wildman–Crippen MR) is 85.2 cm³/mol. The Balaban J connectivity index is 1.51. The van der Waals surface area contributed by atoms with Gasteiger partial charge in [-0.05, 0) is 50.4 Å². The van der Waals surface area contributed by atoms with Crippen LogP contribution in [0.3, 0.4) is 0 Å². The standard InChI is InChI=1S/C15H20BrN3O2/c16-13-1-4-15(19(20)21)12(7-13)9-17-8-11-5-6-18(10-11)14-2-3-14/h1,4,7,11,14,17H,2-3,5-6,8-10H2. The van der Waals surface area contributed by atoms with Gasteiger partial charge >= 0.3 is 0 Å². The van der Waals surface area contributed by atoms with Gasteiger partial charge in [0.15, 0.2) is 0 Å². The summed E-state index contributed by atoms with van der Waals surface area (Å²) in [4.78, 5) is 13.3. The van der Waals surface area contributed by atoms with Crippen molar-refractivity contribution < 1.29 is 4.92 Å². The highest BCUT2D eigenvalue weighted by Crippen LogP contribution is 2.31. The maximum atomic E-state index is 11.0. The molecule has 0 spiro atoms. The Labute approximate surface area is 133 Å². The van der Waals surface area contributed by atoms with E-state index in [-0.39, 0.29) is 10.6 Å². The molecule has 2 fully saturated rings. The zero-order valence-corrected chi connectivity index (χ0v) is 13.5. The molecule has 3 rings (SSSR count). The Morgan fingerprint density at radius 1 is 1.38 bits per heavy atom. The highest BCUT2D eigenvalue weighted by Gasteiger charge is 2.34. The Kier molecular flexibility index (Phi) is 4.57. The summed E-state index contributed by atoms with van der Waals surface area (Å²) in [5, 5.41) is 14.4. The fourth-order valence-corrected chi connectivity index (χ4v) is 3.49. The number of nitro groups is 1. The fraction of sp³-hybridized carbons (Fsp3) is 0.600. The van der Waals surface area contributed by atoms with Gasteiger partial charge in [-0.15, -0.1) is 0 Å². The number of likely N-dealkylation sites (tertiary alicyclic amines) is 1. The number of nitrogens with one attached hydrogen (secondary N) is 1. The summed E-state index contributed by atoms with van der Waals surface area (Å²) in [5.41, 5.74) is 0.933. The SMILES string of the molecule is O=[N+]([O-])c1ccc(Br)cc1CNCC1CCN(C2CC2)C1. The van der Waals surface area contributed by atoms with Gasteiger partial charge in [0.1, 0.15) is 0 Å². The number of hydrogen-bond donors (Lipinski definition) is 1. The van der Waals surface area contributed by atoms with Crippen molar-refractivity contribution in [2.24, 2.45) is 5.92 Å². The Hall–Kier alpha value is -0.980. The number of rotatable bonds is 6. The van der Waals surface area contributed by atoms with E-state index in [1.807, 2.05) is 6.07 Å². The topological polar surface area (TPSA) is 58.4 Å². The normalized spacial score (nSPS) is 22.6. The molecule has 5 nitrogen and oxygen atoms in total. The monoisotopic (exact) mass is 353 g/mol. The van der Waals surface area contributed by atoms with E-state index in [1.54, 1.807) is 12.1 Å².